The summed E-state index contributed by atoms with van der Waals surface area (Å²) >= 11 is 1.81. The number of hydrogen-bond acceptors (Lipinski definition) is 4. The fourth-order valence-electron chi connectivity index (χ4n) is 2.78. The van der Waals surface area contributed by atoms with Crippen LogP contribution in [-0.4, -0.2) is 68.7 Å². The summed E-state index contributed by atoms with van der Waals surface area (Å²) in [7, 11) is -1.48. The topological polar surface area (TPSA) is 73.8 Å². The summed E-state index contributed by atoms with van der Waals surface area (Å²) in [6.07, 6.45) is 1.97. The first-order chi connectivity index (χ1) is 12.5. The lowest BCUT2D eigenvalue weighted by Crippen LogP contribution is -2.46. The Kier molecular flexibility index (Phi) is 8.74. The van der Waals surface area contributed by atoms with E-state index < -0.39 is 10.0 Å². The Morgan fingerprint density at radius 2 is 1.96 bits per heavy atom. The highest BCUT2D eigenvalue weighted by molar-refractivity contribution is 7.99. The monoisotopic (exact) mass is 398 g/mol. The van der Waals surface area contributed by atoms with Crippen molar-refractivity contribution in [2.75, 3.05) is 43.9 Å². The minimum Gasteiger partial charge on any atom is -0.355 e. The maximum absolute atomic E-state index is 12.4. The predicted molar refractivity (Wildman–Crippen MR) is 111 cm³/mol. The van der Waals surface area contributed by atoms with Crippen molar-refractivity contribution in [2.45, 2.75) is 25.8 Å². The van der Waals surface area contributed by atoms with Crippen molar-refractivity contribution < 1.29 is 8.42 Å². The zero-order valence-corrected chi connectivity index (χ0v) is 17.3. The lowest BCUT2D eigenvalue weighted by Gasteiger charge is -2.26. The summed E-state index contributed by atoms with van der Waals surface area (Å²) in [6.45, 7) is 3.71. The summed E-state index contributed by atoms with van der Waals surface area (Å²) in [5, 5.41) is 6.45. The number of guanidine groups is 1. The third kappa shape index (κ3) is 7.17. The van der Waals surface area contributed by atoms with Crippen LogP contribution in [0, 0.1) is 0 Å². The number of hydrogen-bond donors (Lipinski definition) is 2. The average Bonchev–Trinajstić information content (AvgIpc) is 2.67. The van der Waals surface area contributed by atoms with Gasteiger partial charge in [-0.2, -0.15) is 11.8 Å². The van der Waals surface area contributed by atoms with Crippen LogP contribution >= 0.6 is 11.8 Å². The smallest absolute Gasteiger partial charge is 0.215 e. The van der Waals surface area contributed by atoms with E-state index in [-0.39, 0.29) is 11.8 Å². The van der Waals surface area contributed by atoms with E-state index in [9.17, 15) is 8.42 Å². The molecule has 26 heavy (non-hydrogen) atoms. The highest BCUT2D eigenvalue weighted by atomic mass is 32.2. The summed E-state index contributed by atoms with van der Waals surface area (Å²) < 4.78 is 26.3. The number of thioether (sulfide) groups is 1. The van der Waals surface area contributed by atoms with Crippen molar-refractivity contribution >= 4 is 27.7 Å². The van der Waals surface area contributed by atoms with Gasteiger partial charge in [0.25, 0.3) is 0 Å². The number of rotatable bonds is 8. The molecule has 0 bridgehead atoms. The fraction of sp³-hybridized carbons (Fsp3) is 0.611. The van der Waals surface area contributed by atoms with Crippen molar-refractivity contribution in [1.82, 2.24) is 14.9 Å². The molecule has 0 aromatic heterocycles. The highest BCUT2D eigenvalue weighted by Gasteiger charge is 2.23. The van der Waals surface area contributed by atoms with Crippen molar-refractivity contribution in [2.24, 2.45) is 4.99 Å². The van der Waals surface area contributed by atoms with Gasteiger partial charge < -0.3 is 10.6 Å². The Labute approximate surface area is 161 Å². The largest absolute Gasteiger partial charge is 0.355 e. The van der Waals surface area contributed by atoms with Crippen LogP contribution in [0.1, 0.15) is 18.9 Å². The van der Waals surface area contributed by atoms with Gasteiger partial charge in [-0.3, -0.25) is 4.99 Å². The molecule has 0 saturated carbocycles. The van der Waals surface area contributed by atoms with E-state index in [1.807, 2.05) is 6.07 Å². The molecule has 0 spiro atoms. The van der Waals surface area contributed by atoms with E-state index in [2.05, 4.69) is 46.8 Å². The molecule has 1 aromatic carbocycles. The summed E-state index contributed by atoms with van der Waals surface area (Å²) in [4.78, 5) is 4.20. The number of nitrogens with one attached hydrogen (secondary N) is 2. The summed E-state index contributed by atoms with van der Waals surface area (Å²) in [5.74, 6) is 2.51. The second-order valence-electron chi connectivity index (χ2n) is 6.40. The summed E-state index contributed by atoms with van der Waals surface area (Å²) in [6, 6.07) is 10.6. The van der Waals surface area contributed by atoms with Crippen LogP contribution in [0.25, 0.3) is 0 Å². The molecule has 6 nitrogen and oxygen atoms in total. The number of aryl methyl sites for hydroxylation is 1. The lowest BCUT2D eigenvalue weighted by atomic mass is 10.1. The highest BCUT2D eigenvalue weighted by Crippen LogP contribution is 2.13. The zero-order valence-electron chi connectivity index (χ0n) is 15.6. The van der Waals surface area contributed by atoms with E-state index in [0.717, 1.165) is 24.3 Å². The average molecular weight is 399 g/mol. The van der Waals surface area contributed by atoms with Crippen LogP contribution in [0.5, 0.6) is 0 Å². The van der Waals surface area contributed by atoms with Gasteiger partial charge in [0.2, 0.25) is 10.0 Å². The maximum Gasteiger partial charge on any atom is 0.215 e. The number of sulfonamides is 1. The Morgan fingerprint density at radius 1 is 1.27 bits per heavy atom. The first kappa shape index (κ1) is 21.1. The van der Waals surface area contributed by atoms with Gasteiger partial charge in [0.05, 0.1) is 5.75 Å². The van der Waals surface area contributed by atoms with Crippen LogP contribution in [-0.2, 0) is 16.4 Å². The van der Waals surface area contributed by atoms with Crippen LogP contribution in [0.2, 0.25) is 0 Å². The molecule has 8 heteroatoms. The van der Waals surface area contributed by atoms with Gasteiger partial charge in [0, 0.05) is 44.2 Å². The van der Waals surface area contributed by atoms with Gasteiger partial charge in [0.15, 0.2) is 5.96 Å². The second kappa shape index (κ2) is 10.8. The molecule has 0 amide bonds. The van der Waals surface area contributed by atoms with Gasteiger partial charge in [-0.25, -0.2) is 12.7 Å². The van der Waals surface area contributed by atoms with Crippen LogP contribution in [0.3, 0.4) is 0 Å². The molecule has 1 fully saturated rings. The Bertz CT molecular complexity index is 659. The Hall–Kier alpha value is -1.25. The molecule has 0 radical (unpaired) electrons. The second-order valence-corrected chi connectivity index (χ2v) is 9.71. The van der Waals surface area contributed by atoms with Gasteiger partial charge in [-0.05, 0) is 25.3 Å². The first-order valence-corrected chi connectivity index (χ1v) is 11.8. The SMILES string of the molecule is CN=C(NCCS(=O)(=O)N1CCSCC1)NC(C)CCc1ccccc1. The minimum absolute atomic E-state index is 0.0940. The van der Waals surface area contributed by atoms with Crippen LogP contribution < -0.4 is 10.6 Å². The van der Waals surface area contributed by atoms with Gasteiger partial charge in [-0.15, -0.1) is 0 Å². The molecule has 2 N–H and O–H groups in total. The van der Waals surface area contributed by atoms with E-state index in [1.54, 1.807) is 23.1 Å². The van der Waals surface area contributed by atoms with Crippen molar-refractivity contribution in [3.05, 3.63) is 35.9 Å². The minimum atomic E-state index is -3.19. The van der Waals surface area contributed by atoms with Crippen molar-refractivity contribution in [3.63, 3.8) is 0 Å². The zero-order chi connectivity index (χ0) is 18.8. The van der Waals surface area contributed by atoms with E-state index in [4.69, 9.17) is 0 Å². The Balaban J connectivity index is 1.71. The molecule has 146 valence electrons. The molecule has 1 aliphatic rings. The number of benzene rings is 1. The van der Waals surface area contributed by atoms with Crippen molar-refractivity contribution in [3.8, 4) is 0 Å². The third-order valence-corrected chi connectivity index (χ3v) is 7.15. The van der Waals surface area contributed by atoms with Crippen LogP contribution in [0.15, 0.2) is 35.3 Å². The van der Waals surface area contributed by atoms with Gasteiger partial charge in [-0.1, -0.05) is 30.3 Å². The lowest BCUT2D eigenvalue weighted by molar-refractivity contribution is 0.443. The molecule has 1 heterocycles. The molecule has 1 atom stereocenters. The Morgan fingerprint density at radius 3 is 2.62 bits per heavy atom. The van der Waals surface area contributed by atoms with E-state index in [1.165, 1.54) is 5.56 Å². The quantitative estimate of drug-likeness (QED) is 0.513. The van der Waals surface area contributed by atoms with E-state index >= 15 is 0 Å². The molecular formula is C18H30N4O2S2. The molecule has 1 aliphatic heterocycles. The van der Waals surface area contributed by atoms with Gasteiger partial charge in [0.1, 0.15) is 0 Å². The number of aliphatic imine (C=N–C) groups is 1. The predicted octanol–water partition coefficient (Wildman–Crippen LogP) is 1.55. The number of nitrogens with zero attached hydrogens (tertiary/aromatic N) is 2. The molecule has 2 rings (SSSR count). The third-order valence-electron chi connectivity index (χ3n) is 4.33. The summed E-state index contributed by atoms with van der Waals surface area (Å²) in [5.41, 5.74) is 1.31. The molecule has 1 saturated heterocycles. The van der Waals surface area contributed by atoms with Gasteiger partial charge >= 0.3 is 0 Å². The normalized spacial score (nSPS) is 17.7. The standard InChI is InChI=1S/C18H30N4O2S2/c1-16(8-9-17-6-4-3-5-7-17)21-18(19-2)20-10-15-26(23,24)22-11-13-25-14-12-22/h3-7,16H,8-15H2,1-2H3,(H2,19,20,21). The molecule has 1 unspecified atom stereocenters. The van der Waals surface area contributed by atoms with Crippen molar-refractivity contribution in [1.29, 1.82) is 0 Å². The molecular weight excluding hydrogens is 368 g/mol. The molecule has 0 aliphatic carbocycles. The maximum atomic E-state index is 12.4. The first-order valence-electron chi connectivity index (χ1n) is 9.08. The van der Waals surface area contributed by atoms with Crippen LogP contribution in [0.4, 0.5) is 0 Å². The fourth-order valence-corrected chi connectivity index (χ4v) is 5.27. The molecule has 1 aromatic rings. The van der Waals surface area contributed by atoms with E-state index in [0.29, 0.717) is 25.6 Å².